The minimum Gasteiger partial charge on any atom is -0.495 e. The molecular weight excluding hydrogens is 350 g/mol. The van der Waals surface area contributed by atoms with Gasteiger partial charge in [0.25, 0.3) is 0 Å². The normalized spacial score (nSPS) is 17.8. The highest BCUT2D eigenvalue weighted by molar-refractivity contribution is 8.15. The highest BCUT2D eigenvalue weighted by atomic mass is 32.2. The first-order valence-electron chi connectivity index (χ1n) is 8.11. The number of thioether (sulfide) groups is 1. The Kier molecular flexibility index (Phi) is 5.58. The molecule has 26 heavy (non-hydrogen) atoms. The summed E-state index contributed by atoms with van der Waals surface area (Å²) < 4.78 is 5.21. The topological polar surface area (TPSA) is 79.8 Å². The maximum atomic E-state index is 12.3. The zero-order valence-corrected chi connectivity index (χ0v) is 15.3. The monoisotopic (exact) mass is 369 g/mol. The number of aliphatic imine (C=N–C) groups is 1. The van der Waals surface area contributed by atoms with Crippen molar-refractivity contribution in [2.24, 2.45) is 4.99 Å². The summed E-state index contributed by atoms with van der Waals surface area (Å²) in [5.41, 5.74) is 2.44. The van der Waals surface area contributed by atoms with E-state index in [0.717, 1.165) is 11.3 Å². The van der Waals surface area contributed by atoms with Crippen LogP contribution in [-0.2, 0) is 9.59 Å². The lowest BCUT2D eigenvalue weighted by molar-refractivity contribution is -0.122. The summed E-state index contributed by atoms with van der Waals surface area (Å²) in [5, 5.41) is 5.52. The highest BCUT2D eigenvalue weighted by Crippen LogP contribution is 2.27. The molecule has 0 unspecified atom stereocenters. The third-order valence-corrected chi connectivity index (χ3v) is 4.84. The van der Waals surface area contributed by atoms with Gasteiger partial charge in [-0.15, -0.1) is 0 Å². The van der Waals surface area contributed by atoms with Gasteiger partial charge in [0.15, 0.2) is 5.17 Å². The standard InChI is InChI=1S/C19H19N3O3S/c1-12-6-5-7-13(10-12)20-19-22-18(24)16(26-19)11-17(23)21-14-8-3-4-9-15(14)25-2/h3-10,16H,11H2,1-2H3,(H,21,23)(H,20,22,24)/t16-/m1/s1. The first kappa shape index (κ1) is 18.0. The average molecular weight is 369 g/mol. The van der Waals surface area contributed by atoms with Crippen LogP contribution in [0.1, 0.15) is 12.0 Å². The second-order valence-electron chi connectivity index (χ2n) is 5.80. The number of anilines is 1. The van der Waals surface area contributed by atoms with Gasteiger partial charge in [-0.2, -0.15) is 0 Å². The molecule has 2 aromatic rings. The number of aryl methyl sites for hydroxylation is 1. The van der Waals surface area contributed by atoms with Gasteiger partial charge < -0.3 is 15.4 Å². The number of nitrogens with zero attached hydrogens (tertiary/aromatic N) is 1. The van der Waals surface area contributed by atoms with Gasteiger partial charge in [-0.25, -0.2) is 4.99 Å². The molecule has 1 fully saturated rings. The predicted molar refractivity (Wildman–Crippen MR) is 104 cm³/mol. The SMILES string of the molecule is COc1ccccc1NC(=O)C[C@H]1SC(=Nc2cccc(C)c2)NC1=O. The third-order valence-electron chi connectivity index (χ3n) is 3.76. The van der Waals surface area contributed by atoms with Crippen molar-refractivity contribution in [3.05, 3.63) is 54.1 Å². The first-order chi connectivity index (χ1) is 12.5. The predicted octanol–water partition coefficient (Wildman–Crippen LogP) is 3.25. The number of carbonyl (C=O) groups is 2. The van der Waals surface area contributed by atoms with E-state index in [0.29, 0.717) is 16.6 Å². The van der Waals surface area contributed by atoms with Crippen LogP contribution in [-0.4, -0.2) is 29.3 Å². The summed E-state index contributed by atoms with van der Waals surface area (Å²) in [4.78, 5) is 28.9. The van der Waals surface area contributed by atoms with Gasteiger partial charge in [0.2, 0.25) is 11.8 Å². The van der Waals surface area contributed by atoms with Crippen molar-refractivity contribution in [3.8, 4) is 5.75 Å². The summed E-state index contributed by atoms with van der Waals surface area (Å²) in [6.07, 6.45) is 0.0569. The molecule has 1 aliphatic rings. The lowest BCUT2D eigenvalue weighted by atomic mass is 10.2. The molecule has 134 valence electrons. The molecule has 3 rings (SSSR count). The van der Waals surface area contributed by atoms with Gasteiger partial charge in [-0.05, 0) is 36.8 Å². The summed E-state index contributed by atoms with van der Waals surface area (Å²) in [6.45, 7) is 1.98. The smallest absolute Gasteiger partial charge is 0.240 e. The van der Waals surface area contributed by atoms with E-state index in [1.54, 1.807) is 19.2 Å². The molecule has 2 aromatic carbocycles. The van der Waals surface area contributed by atoms with E-state index in [1.807, 2.05) is 43.3 Å². The van der Waals surface area contributed by atoms with Gasteiger partial charge in [0.1, 0.15) is 11.0 Å². The first-order valence-corrected chi connectivity index (χ1v) is 8.99. The van der Waals surface area contributed by atoms with Crippen molar-refractivity contribution in [1.82, 2.24) is 5.32 Å². The van der Waals surface area contributed by atoms with E-state index in [2.05, 4.69) is 15.6 Å². The number of benzene rings is 2. The minimum atomic E-state index is -0.506. The number of hydrogen-bond donors (Lipinski definition) is 2. The van der Waals surface area contributed by atoms with Crippen LogP contribution in [0.4, 0.5) is 11.4 Å². The van der Waals surface area contributed by atoms with Gasteiger partial charge in [-0.1, -0.05) is 36.0 Å². The molecule has 1 heterocycles. The Hall–Kier alpha value is -2.80. The van der Waals surface area contributed by atoms with Crippen molar-refractivity contribution >= 4 is 40.1 Å². The fraction of sp³-hybridized carbons (Fsp3) is 0.211. The maximum Gasteiger partial charge on any atom is 0.240 e. The quantitative estimate of drug-likeness (QED) is 0.848. The van der Waals surface area contributed by atoms with E-state index in [-0.39, 0.29) is 18.2 Å². The van der Waals surface area contributed by atoms with Crippen LogP contribution in [0.3, 0.4) is 0 Å². The fourth-order valence-electron chi connectivity index (χ4n) is 2.52. The van der Waals surface area contributed by atoms with Crippen molar-refractivity contribution in [2.45, 2.75) is 18.6 Å². The lowest BCUT2D eigenvalue weighted by Crippen LogP contribution is -2.28. The lowest BCUT2D eigenvalue weighted by Gasteiger charge is -2.10. The molecule has 7 heteroatoms. The van der Waals surface area contributed by atoms with Gasteiger partial charge in [0, 0.05) is 6.42 Å². The number of ether oxygens (including phenoxy) is 1. The minimum absolute atomic E-state index is 0.0569. The van der Waals surface area contributed by atoms with Crippen LogP contribution >= 0.6 is 11.8 Å². The van der Waals surface area contributed by atoms with E-state index in [4.69, 9.17) is 4.74 Å². The van der Waals surface area contributed by atoms with Gasteiger partial charge in [-0.3, -0.25) is 9.59 Å². The Bertz CT molecular complexity index is 867. The van der Waals surface area contributed by atoms with Crippen molar-refractivity contribution in [1.29, 1.82) is 0 Å². The molecule has 1 saturated heterocycles. The van der Waals surface area contributed by atoms with Crippen molar-refractivity contribution in [2.75, 3.05) is 12.4 Å². The van der Waals surface area contributed by atoms with Crippen LogP contribution in [0.25, 0.3) is 0 Å². The molecule has 0 aromatic heterocycles. The number of nitrogens with one attached hydrogen (secondary N) is 2. The zero-order valence-electron chi connectivity index (χ0n) is 14.5. The number of amides is 2. The van der Waals surface area contributed by atoms with Gasteiger partial charge in [0.05, 0.1) is 18.5 Å². The number of amidine groups is 1. The molecule has 0 saturated carbocycles. The summed E-state index contributed by atoms with van der Waals surface area (Å²) >= 11 is 1.27. The highest BCUT2D eigenvalue weighted by Gasteiger charge is 2.32. The Labute approximate surface area is 156 Å². The average Bonchev–Trinajstić information content (AvgIpc) is 2.94. The number of rotatable bonds is 5. The zero-order chi connectivity index (χ0) is 18.5. The van der Waals surface area contributed by atoms with Crippen LogP contribution in [0.2, 0.25) is 0 Å². The molecule has 0 radical (unpaired) electrons. The number of hydrogen-bond acceptors (Lipinski definition) is 5. The molecule has 2 N–H and O–H groups in total. The molecule has 1 aliphatic heterocycles. The number of carbonyl (C=O) groups excluding carboxylic acids is 2. The molecule has 6 nitrogen and oxygen atoms in total. The molecular formula is C19H19N3O3S. The van der Waals surface area contributed by atoms with Crippen LogP contribution in [0, 0.1) is 6.92 Å². The Morgan fingerprint density at radius 3 is 2.85 bits per heavy atom. The number of para-hydroxylation sites is 2. The van der Waals surface area contributed by atoms with Crippen LogP contribution < -0.4 is 15.4 Å². The van der Waals surface area contributed by atoms with Gasteiger partial charge >= 0.3 is 0 Å². The molecule has 0 spiro atoms. The maximum absolute atomic E-state index is 12.3. The van der Waals surface area contributed by atoms with E-state index < -0.39 is 5.25 Å². The number of methoxy groups -OCH3 is 1. The second-order valence-corrected chi connectivity index (χ2v) is 7.00. The third kappa shape index (κ3) is 4.43. The fourth-order valence-corrected chi connectivity index (χ4v) is 3.51. The summed E-state index contributed by atoms with van der Waals surface area (Å²) in [5.74, 6) is 0.113. The van der Waals surface area contributed by atoms with Crippen molar-refractivity contribution < 1.29 is 14.3 Å². The Morgan fingerprint density at radius 1 is 1.27 bits per heavy atom. The molecule has 2 amide bonds. The summed E-state index contributed by atoms with van der Waals surface area (Å²) in [6, 6.07) is 14.8. The largest absolute Gasteiger partial charge is 0.495 e. The molecule has 0 aliphatic carbocycles. The van der Waals surface area contributed by atoms with Crippen LogP contribution in [0.5, 0.6) is 5.75 Å². The van der Waals surface area contributed by atoms with Crippen LogP contribution in [0.15, 0.2) is 53.5 Å². The summed E-state index contributed by atoms with van der Waals surface area (Å²) in [7, 11) is 1.54. The Balaban J connectivity index is 1.63. The second kappa shape index (κ2) is 8.05. The molecule has 1 atom stereocenters. The Morgan fingerprint density at radius 2 is 2.08 bits per heavy atom. The van der Waals surface area contributed by atoms with E-state index in [1.165, 1.54) is 11.8 Å². The molecule has 0 bridgehead atoms. The van der Waals surface area contributed by atoms with E-state index >= 15 is 0 Å². The van der Waals surface area contributed by atoms with E-state index in [9.17, 15) is 9.59 Å². The van der Waals surface area contributed by atoms with Crippen molar-refractivity contribution in [3.63, 3.8) is 0 Å².